The number of hydrogen-bond acceptors (Lipinski definition) is 4. The smallest absolute Gasteiger partial charge is 0.412 e. The summed E-state index contributed by atoms with van der Waals surface area (Å²) in [5.41, 5.74) is 1.54. The molecule has 0 radical (unpaired) electrons. The normalized spacial score (nSPS) is 14.8. The molecule has 0 aliphatic heterocycles. The molecule has 4 rings (SSSR count). The molecule has 136 valence electrons. The summed E-state index contributed by atoms with van der Waals surface area (Å²) in [6, 6.07) is 8.04. The lowest BCUT2D eigenvalue weighted by atomic mass is 9.95. The molecule has 6 nitrogen and oxygen atoms in total. The van der Waals surface area contributed by atoms with Gasteiger partial charge >= 0.3 is 5.78 Å². The van der Waals surface area contributed by atoms with Gasteiger partial charge in [0.2, 0.25) is 5.82 Å². The van der Waals surface area contributed by atoms with Gasteiger partial charge in [0, 0.05) is 25.2 Å². The van der Waals surface area contributed by atoms with Crippen LogP contribution in [-0.4, -0.2) is 26.3 Å². The van der Waals surface area contributed by atoms with Gasteiger partial charge in [-0.05, 0) is 25.0 Å². The van der Waals surface area contributed by atoms with Crippen LogP contribution in [0.5, 0.6) is 0 Å². The number of aromatic nitrogens is 4. The molecule has 3 heterocycles. The van der Waals surface area contributed by atoms with Gasteiger partial charge in [-0.15, -0.1) is 0 Å². The maximum Gasteiger partial charge on any atom is 0.412 e. The van der Waals surface area contributed by atoms with Gasteiger partial charge in [0.05, 0.1) is 6.20 Å². The number of nitrogens with one attached hydrogen (secondary N) is 1. The highest BCUT2D eigenvalue weighted by Crippen LogP contribution is 2.28. The summed E-state index contributed by atoms with van der Waals surface area (Å²) in [7, 11) is 0. The highest BCUT2D eigenvalue weighted by atomic mass is 35.5. The van der Waals surface area contributed by atoms with E-state index in [0.717, 1.165) is 30.0 Å². The lowest BCUT2D eigenvalue weighted by Crippen LogP contribution is -3.00. The molecule has 26 heavy (non-hydrogen) atoms. The van der Waals surface area contributed by atoms with Crippen LogP contribution >= 0.6 is 0 Å². The van der Waals surface area contributed by atoms with E-state index in [9.17, 15) is 4.79 Å². The van der Waals surface area contributed by atoms with Crippen molar-refractivity contribution >= 4 is 17.5 Å². The molecule has 0 bridgehead atoms. The Kier molecular flexibility index (Phi) is 5.52. The Bertz CT molecular complexity index is 903. The van der Waals surface area contributed by atoms with Crippen LogP contribution in [0.1, 0.15) is 43.8 Å². The molecule has 0 amide bonds. The highest BCUT2D eigenvalue weighted by molar-refractivity contribution is 5.76. The highest BCUT2D eigenvalue weighted by Gasteiger charge is 2.31. The van der Waals surface area contributed by atoms with Crippen LogP contribution in [0.2, 0.25) is 0 Å². The molecule has 3 aromatic rings. The lowest BCUT2D eigenvalue weighted by Gasteiger charge is -2.22. The largest absolute Gasteiger partial charge is 1.00 e. The molecule has 0 saturated heterocycles. The minimum Gasteiger partial charge on any atom is -1.00 e. The number of carbonyl (C=O) groups excluding carboxylic acids is 1. The second-order valence-electron chi connectivity index (χ2n) is 6.54. The summed E-state index contributed by atoms with van der Waals surface area (Å²) in [6.07, 6.45) is 11.5. The Morgan fingerprint density at radius 1 is 1.15 bits per heavy atom. The Hall–Kier alpha value is -2.47. The molecular weight excluding hydrogens is 350 g/mol. The number of fused-ring (bicyclic) bond motifs is 1. The number of halogens is 1. The second-order valence-corrected chi connectivity index (χ2v) is 6.54. The Morgan fingerprint density at radius 2 is 1.92 bits per heavy atom. The molecule has 0 spiro atoms. The minimum absolute atomic E-state index is 0. The van der Waals surface area contributed by atoms with E-state index in [-0.39, 0.29) is 18.3 Å². The fourth-order valence-corrected chi connectivity index (χ4v) is 3.64. The number of rotatable bonds is 3. The van der Waals surface area contributed by atoms with Crippen molar-refractivity contribution in [3.05, 3.63) is 42.9 Å². The van der Waals surface area contributed by atoms with Crippen molar-refractivity contribution in [2.45, 2.75) is 45.1 Å². The molecule has 1 saturated carbocycles. The van der Waals surface area contributed by atoms with Gasteiger partial charge in [0.1, 0.15) is 11.9 Å². The van der Waals surface area contributed by atoms with Crippen LogP contribution in [0.25, 0.3) is 17.2 Å². The number of anilines is 1. The van der Waals surface area contributed by atoms with Gasteiger partial charge < -0.3 is 17.7 Å². The van der Waals surface area contributed by atoms with Gasteiger partial charge in [-0.1, -0.05) is 30.3 Å². The third-order valence-corrected chi connectivity index (χ3v) is 4.78. The summed E-state index contributed by atoms with van der Waals surface area (Å²) in [5, 5.41) is 3.68. The van der Waals surface area contributed by atoms with E-state index >= 15 is 0 Å². The van der Waals surface area contributed by atoms with E-state index in [1.54, 1.807) is 23.9 Å². The topological polar surface area (TPSA) is 63.2 Å². The van der Waals surface area contributed by atoms with E-state index in [1.807, 2.05) is 34.9 Å². The molecule has 1 N–H and O–H groups in total. The second kappa shape index (κ2) is 7.83. The first-order chi connectivity index (χ1) is 12.3. The molecule has 7 heteroatoms. The maximum absolute atomic E-state index is 12.4. The van der Waals surface area contributed by atoms with Gasteiger partial charge in [0.25, 0.3) is 5.91 Å². The first kappa shape index (κ1) is 18.3. The van der Waals surface area contributed by atoms with Crippen molar-refractivity contribution in [1.82, 2.24) is 14.4 Å². The zero-order valence-electron chi connectivity index (χ0n) is 14.7. The number of imidazole rings is 1. The lowest BCUT2D eigenvalue weighted by molar-refractivity contribution is -0.534. The van der Waals surface area contributed by atoms with Crippen molar-refractivity contribution in [3.63, 3.8) is 0 Å². The van der Waals surface area contributed by atoms with Gasteiger partial charge in [-0.2, -0.15) is 8.97 Å². The van der Waals surface area contributed by atoms with Crippen LogP contribution in [0.3, 0.4) is 0 Å². The van der Waals surface area contributed by atoms with Crippen LogP contribution in [0.4, 0.5) is 5.82 Å². The first-order valence-corrected chi connectivity index (χ1v) is 8.85. The quantitative estimate of drug-likeness (QED) is 0.663. The van der Waals surface area contributed by atoms with Crippen molar-refractivity contribution in [1.29, 1.82) is 0 Å². The summed E-state index contributed by atoms with van der Waals surface area (Å²) < 4.78 is 3.60. The van der Waals surface area contributed by atoms with E-state index < -0.39 is 0 Å². The van der Waals surface area contributed by atoms with Gasteiger partial charge in [0.15, 0.2) is 5.69 Å². The summed E-state index contributed by atoms with van der Waals surface area (Å²) in [5.74, 6) is 1.42. The standard InChI is InChI=1S/C19H22N5O.ClH/c1-14(25)24-17(16-10-5-6-11-20-16)18(22-15-8-3-2-4-9-15)23-13-7-12-21-19(23)24;/h5-7,10-13,15,22H,2-4,8-9H2,1H3;1H/q+1;/p-1. The van der Waals surface area contributed by atoms with Gasteiger partial charge in [-0.3, -0.25) is 9.78 Å². The maximum atomic E-state index is 12.4. The SMILES string of the molecule is CC(=O)[n+]1c(-c2ccccn2)c(NC2CCCCC2)n2cccnc21.[Cl-]. The average molecular weight is 372 g/mol. The first-order valence-electron chi connectivity index (χ1n) is 8.85. The molecule has 1 fully saturated rings. The number of hydrogen-bond donors (Lipinski definition) is 1. The van der Waals surface area contributed by atoms with Crippen molar-refractivity contribution in [2.75, 3.05) is 5.32 Å². The number of nitrogens with zero attached hydrogens (tertiary/aromatic N) is 4. The van der Waals surface area contributed by atoms with E-state index in [0.29, 0.717) is 11.8 Å². The van der Waals surface area contributed by atoms with Crippen molar-refractivity contribution in [3.8, 4) is 11.4 Å². The summed E-state index contributed by atoms with van der Waals surface area (Å²) in [4.78, 5) is 21.3. The predicted octanol–water partition coefficient (Wildman–Crippen LogP) is 0.0925. The van der Waals surface area contributed by atoms with Crippen molar-refractivity contribution in [2.24, 2.45) is 0 Å². The predicted molar refractivity (Wildman–Crippen MR) is 95.4 cm³/mol. The average Bonchev–Trinajstić information content (AvgIpc) is 2.98. The van der Waals surface area contributed by atoms with Crippen LogP contribution in [-0.2, 0) is 0 Å². The molecule has 1 aliphatic rings. The third-order valence-electron chi connectivity index (χ3n) is 4.78. The molecular formula is C19H22ClN5O. The Labute approximate surface area is 158 Å². The fourth-order valence-electron chi connectivity index (χ4n) is 3.64. The summed E-state index contributed by atoms with van der Waals surface area (Å²) >= 11 is 0. The fraction of sp³-hybridized carbons (Fsp3) is 0.368. The Morgan fingerprint density at radius 3 is 2.62 bits per heavy atom. The van der Waals surface area contributed by atoms with E-state index in [2.05, 4.69) is 15.3 Å². The molecule has 1 aliphatic carbocycles. The Balaban J connectivity index is 0.00000196. The number of pyridine rings is 1. The molecule has 3 aromatic heterocycles. The molecule has 0 aromatic carbocycles. The summed E-state index contributed by atoms with van der Waals surface area (Å²) in [6.45, 7) is 1.56. The monoisotopic (exact) mass is 371 g/mol. The zero-order valence-corrected chi connectivity index (χ0v) is 15.5. The van der Waals surface area contributed by atoms with E-state index in [4.69, 9.17) is 0 Å². The third kappa shape index (κ3) is 3.29. The number of carbonyl (C=O) groups is 1. The molecule has 0 unspecified atom stereocenters. The van der Waals surface area contributed by atoms with E-state index in [1.165, 1.54) is 19.3 Å². The van der Waals surface area contributed by atoms with Crippen LogP contribution in [0.15, 0.2) is 42.9 Å². The van der Waals surface area contributed by atoms with Crippen molar-refractivity contribution < 1.29 is 21.8 Å². The minimum atomic E-state index is -0.0754. The molecule has 0 atom stereocenters. The van der Waals surface area contributed by atoms with Gasteiger partial charge in [-0.25, -0.2) is 0 Å². The van der Waals surface area contributed by atoms with Crippen LogP contribution < -0.4 is 22.3 Å². The van der Waals surface area contributed by atoms with Crippen LogP contribution in [0, 0.1) is 0 Å². The zero-order chi connectivity index (χ0) is 17.2.